The Morgan fingerprint density at radius 1 is 0.889 bits per heavy atom. The molecule has 1 aliphatic heterocycles. The van der Waals surface area contributed by atoms with Crippen molar-refractivity contribution in [2.75, 3.05) is 55.8 Å². The van der Waals surface area contributed by atoms with Crippen LogP contribution in [0.15, 0.2) is 136 Å². The maximum absolute atomic E-state index is 14.1. The number of nitrogens with zero attached hydrogens (tertiary/aromatic N) is 2. The second-order valence-electron chi connectivity index (χ2n) is 15.2. The van der Waals surface area contributed by atoms with Gasteiger partial charge in [-0.3, -0.25) is 4.79 Å². The predicted molar refractivity (Wildman–Crippen MR) is 241 cm³/mol. The molecular weight excluding hydrogens is 897 g/mol. The van der Waals surface area contributed by atoms with Gasteiger partial charge in [-0.1, -0.05) is 66.2 Å². The number of alkyl halides is 3. The SMILES string of the molecule is CN(CCO)CCC(CSc1ccccc1)Nc1ccc(S(=O)(=O)NC(=O)c2ccc(N3CCC([C@H](O)c4ccccc4-c4ccc(Cl)cc4)CC3)cc2)cc1S(=O)(=O)C(F)(F)F. The Kier molecular flexibility index (Phi) is 15.9. The summed E-state index contributed by atoms with van der Waals surface area (Å²) < 4.78 is 97.1. The van der Waals surface area contributed by atoms with E-state index in [1.54, 1.807) is 19.2 Å². The van der Waals surface area contributed by atoms with Crippen molar-refractivity contribution in [2.45, 2.75) is 51.6 Å². The van der Waals surface area contributed by atoms with E-state index in [0.717, 1.165) is 39.4 Å². The Balaban J connectivity index is 1.14. The highest BCUT2D eigenvalue weighted by atomic mass is 35.5. The molecule has 4 N–H and O–H groups in total. The lowest BCUT2D eigenvalue weighted by molar-refractivity contribution is -0.0435. The summed E-state index contributed by atoms with van der Waals surface area (Å²) in [6.45, 7) is 1.83. The van der Waals surface area contributed by atoms with Gasteiger partial charge in [0.05, 0.1) is 23.3 Å². The molecule has 2 atom stereocenters. The van der Waals surface area contributed by atoms with E-state index in [9.17, 15) is 45.0 Å². The first kappa shape index (κ1) is 47.8. The Bertz CT molecular complexity index is 2550. The topological polar surface area (TPSA) is 156 Å². The number of sulfonamides is 1. The third-order valence-corrected chi connectivity index (χ3v) is 15.2. The number of anilines is 2. The van der Waals surface area contributed by atoms with E-state index in [1.807, 2.05) is 88.5 Å². The van der Waals surface area contributed by atoms with E-state index in [4.69, 9.17) is 11.6 Å². The molecule has 0 bridgehead atoms. The number of amides is 1. The van der Waals surface area contributed by atoms with Gasteiger partial charge < -0.3 is 25.3 Å². The standard InChI is InChI=1S/C45H48ClF3N4O7S3/c1-52(27-28-54)24-23-35(30-61-37-7-3-2-4-8-37)50-41-20-19-38(29-42(41)62(57,58)45(47,48)49)63(59,60)51-44(56)33-13-17-36(18-14-33)53-25-21-32(22-26-53)43(55)40-10-6-5-9-39(40)31-11-15-34(46)16-12-31/h2-20,29,32,35,43,50,54-55H,21-28,30H2,1H3,(H,51,56)/t35?,43-/m0/s1. The van der Waals surface area contributed by atoms with Gasteiger partial charge in [-0.25, -0.2) is 21.6 Å². The van der Waals surface area contributed by atoms with E-state index in [2.05, 4.69) is 10.2 Å². The lowest BCUT2D eigenvalue weighted by Gasteiger charge is -2.36. The Labute approximate surface area is 375 Å². The second-order valence-corrected chi connectivity index (χ2v) is 20.4. The number of thioether (sulfide) groups is 1. The zero-order valence-corrected chi connectivity index (χ0v) is 37.4. The molecule has 0 saturated carbocycles. The van der Waals surface area contributed by atoms with Gasteiger partial charge in [0.15, 0.2) is 0 Å². The quantitative estimate of drug-likeness (QED) is 0.0628. The van der Waals surface area contributed by atoms with Crippen molar-refractivity contribution in [1.29, 1.82) is 0 Å². The number of hydrogen-bond acceptors (Lipinski definition) is 11. The molecule has 1 unspecified atom stereocenters. The predicted octanol–water partition coefficient (Wildman–Crippen LogP) is 8.26. The van der Waals surface area contributed by atoms with Crippen LogP contribution in [-0.2, 0) is 19.9 Å². The van der Waals surface area contributed by atoms with Crippen molar-refractivity contribution in [1.82, 2.24) is 9.62 Å². The number of aliphatic hydroxyl groups is 2. The van der Waals surface area contributed by atoms with Crippen molar-refractivity contribution >= 4 is 60.5 Å². The Morgan fingerprint density at radius 2 is 1.54 bits per heavy atom. The molecular formula is C45H48ClF3N4O7S3. The van der Waals surface area contributed by atoms with Crippen molar-refractivity contribution in [3.8, 4) is 11.1 Å². The summed E-state index contributed by atoms with van der Waals surface area (Å²) in [6, 6.07) is 32.2. The number of nitrogens with one attached hydrogen (secondary N) is 2. The first-order valence-corrected chi connectivity index (χ1v) is 24.4. The van der Waals surface area contributed by atoms with E-state index in [1.165, 1.54) is 23.9 Å². The molecule has 1 amide bonds. The monoisotopic (exact) mass is 944 g/mol. The van der Waals surface area contributed by atoms with Crippen LogP contribution in [0.4, 0.5) is 24.5 Å². The highest BCUT2D eigenvalue weighted by Crippen LogP contribution is 2.39. The van der Waals surface area contributed by atoms with Gasteiger partial charge in [0.2, 0.25) is 0 Å². The van der Waals surface area contributed by atoms with Gasteiger partial charge >= 0.3 is 5.51 Å². The zero-order valence-electron chi connectivity index (χ0n) is 34.2. The fourth-order valence-electron chi connectivity index (χ4n) is 7.36. The first-order chi connectivity index (χ1) is 30.0. The van der Waals surface area contributed by atoms with Crippen LogP contribution in [0.1, 0.15) is 41.3 Å². The first-order valence-electron chi connectivity index (χ1n) is 20.1. The second kappa shape index (κ2) is 20.9. The zero-order chi connectivity index (χ0) is 45.4. The lowest BCUT2D eigenvalue weighted by atomic mass is 9.84. The maximum atomic E-state index is 14.1. The van der Waals surface area contributed by atoms with Crippen LogP contribution in [0, 0.1) is 5.92 Å². The minimum absolute atomic E-state index is 0.0223. The van der Waals surface area contributed by atoms with E-state index >= 15 is 0 Å². The van der Waals surface area contributed by atoms with Crippen LogP contribution >= 0.6 is 23.4 Å². The Morgan fingerprint density at radius 3 is 2.19 bits per heavy atom. The maximum Gasteiger partial charge on any atom is 0.501 e. The normalized spacial score (nSPS) is 15.0. The number of hydrogen-bond donors (Lipinski definition) is 4. The number of carbonyl (C=O) groups is 1. The van der Waals surface area contributed by atoms with Gasteiger partial charge in [0.1, 0.15) is 4.90 Å². The van der Waals surface area contributed by atoms with Crippen LogP contribution in [0.5, 0.6) is 0 Å². The van der Waals surface area contributed by atoms with Gasteiger partial charge in [-0.05, 0) is 122 Å². The molecule has 1 aliphatic rings. The summed E-state index contributed by atoms with van der Waals surface area (Å²) in [5.74, 6) is -0.791. The number of benzene rings is 5. The number of sulfone groups is 1. The smallest absolute Gasteiger partial charge is 0.395 e. The molecule has 5 aromatic rings. The molecule has 336 valence electrons. The summed E-state index contributed by atoms with van der Waals surface area (Å²) in [5, 5.41) is 24.3. The molecule has 0 spiro atoms. The molecule has 63 heavy (non-hydrogen) atoms. The van der Waals surface area contributed by atoms with Crippen molar-refractivity contribution in [3.63, 3.8) is 0 Å². The van der Waals surface area contributed by atoms with Crippen LogP contribution < -0.4 is 14.9 Å². The average molecular weight is 946 g/mol. The van der Waals surface area contributed by atoms with Gasteiger partial charge in [-0.15, -0.1) is 11.8 Å². The summed E-state index contributed by atoms with van der Waals surface area (Å²) >= 11 is 7.48. The van der Waals surface area contributed by atoms with E-state index in [-0.39, 0.29) is 18.1 Å². The number of halogens is 4. The van der Waals surface area contributed by atoms with Gasteiger partial charge in [-0.2, -0.15) is 13.2 Å². The molecule has 1 heterocycles. The van der Waals surface area contributed by atoms with Gasteiger partial charge in [0, 0.05) is 52.6 Å². The van der Waals surface area contributed by atoms with Crippen LogP contribution in [0.25, 0.3) is 11.1 Å². The largest absolute Gasteiger partial charge is 0.501 e. The summed E-state index contributed by atoms with van der Waals surface area (Å²) in [4.78, 5) is 15.9. The third kappa shape index (κ3) is 12.1. The summed E-state index contributed by atoms with van der Waals surface area (Å²) in [7, 11) is -9.22. The van der Waals surface area contributed by atoms with E-state index in [0.29, 0.717) is 62.3 Å². The molecule has 18 heteroatoms. The fraction of sp³-hybridized carbons (Fsp3) is 0.311. The van der Waals surface area contributed by atoms with Crippen molar-refractivity contribution in [3.05, 3.63) is 137 Å². The number of aliphatic hydroxyl groups excluding tert-OH is 2. The van der Waals surface area contributed by atoms with Crippen molar-refractivity contribution < 1.29 is 45.0 Å². The van der Waals surface area contributed by atoms with E-state index < -0.39 is 58.9 Å². The van der Waals surface area contributed by atoms with Crippen LogP contribution in [-0.4, -0.2) is 95.0 Å². The third-order valence-electron chi connectivity index (χ3n) is 10.9. The van der Waals surface area contributed by atoms with Crippen molar-refractivity contribution in [2.24, 2.45) is 5.92 Å². The average Bonchev–Trinajstić information content (AvgIpc) is 3.27. The molecule has 1 fully saturated rings. The summed E-state index contributed by atoms with van der Waals surface area (Å²) in [6.07, 6.45) is 0.970. The number of piperidine rings is 1. The number of rotatable bonds is 18. The number of likely N-dealkylation sites (N-methyl/N-ethyl adjacent to an activating group) is 1. The lowest BCUT2D eigenvalue weighted by Crippen LogP contribution is -2.36. The fourth-order valence-corrected chi connectivity index (χ4v) is 10.5. The molecule has 0 radical (unpaired) electrons. The molecule has 1 saturated heterocycles. The highest BCUT2D eigenvalue weighted by Gasteiger charge is 2.48. The molecule has 6 rings (SSSR count). The van der Waals surface area contributed by atoms with Crippen LogP contribution in [0.2, 0.25) is 5.02 Å². The highest BCUT2D eigenvalue weighted by molar-refractivity contribution is 7.99. The summed E-state index contributed by atoms with van der Waals surface area (Å²) in [5.41, 5.74) is -2.84. The molecule has 0 aromatic heterocycles. The van der Waals surface area contributed by atoms with Crippen LogP contribution in [0.3, 0.4) is 0 Å². The molecule has 0 aliphatic carbocycles. The molecule has 5 aromatic carbocycles. The number of carbonyl (C=O) groups excluding carboxylic acids is 1. The minimum Gasteiger partial charge on any atom is -0.395 e. The molecule has 11 nitrogen and oxygen atoms in total. The Hall–Kier alpha value is -4.62. The van der Waals surface area contributed by atoms with Gasteiger partial charge in [0.25, 0.3) is 25.8 Å². The minimum atomic E-state index is -6.09.